The lowest BCUT2D eigenvalue weighted by Crippen LogP contribution is -2.42. The lowest BCUT2D eigenvalue weighted by Gasteiger charge is -2.21. The predicted octanol–water partition coefficient (Wildman–Crippen LogP) is 1.10. The van der Waals surface area contributed by atoms with Gasteiger partial charge in [-0.3, -0.25) is 15.0 Å². The number of fused-ring (bicyclic) bond motifs is 1. The molecule has 0 saturated carbocycles. The molecule has 0 spiro atoms. The third kappa shape index (κ3) is 1.30. The molecule has 15 heavy (non-hydrogen) atoms. The number of ether oxygens (including phenoxy) is 1. The van der Waals surface area contributed by atoms with E-state index in [4.69, 9.17) is 10.1 Å². The van der Waals surface area contributed by atoms with E-state index in [0.717, 1.165) is 0 Å². The number of rotatable bonds is 1. The van der Waals surface area contributed by atoms with Gasteiger partial charge in [-0.05, 0) is 0 Å². The molecule has 0 heterocycles. The second-order valence-electron chi connectivity index (χ2n) is 3.27. The third-order valence-corrected chi connectivity index (χ3v) is 2.42. The number of benzene rings is 1. The monoisotopic (exact) mass is 203 g/mol. The van der Waals surface area contributed by atoms with Crippen LogP contribution >= 0.6 is 0 Å². The first kappa shape index (κ1) is 9.73. The molecule has 0 aliphatic heterocycles. The minimum atomic E-state index is -1.05. The van der Waals surface area contributed by atoms with Gasteiger partial charge < -0.3 is 4.74 Å². The zero-order valence-electron chi connectivity index (χ0n) is 8.11. The average molecular weight is 203 g/mol. The van der Waals surface area contributed by atoms with Gasteiger partial charge in [0, 0.05) is 18.2 Å². The van der Waals surface area contributed by atoms with Crippen molar-refractivity contribution in [3.8, 4) is 0 Å². The second kappa shape index (κ2) is 3.40. The van der Waals surface area contributed by atoms with Gasteiger partial charge in [0.1, 0.15) is 5.71 Å². The number of carbonyl (C=O) groups is 2. The molecule has 0 aromatic heterocycles. The van der Waals surface area contributed by atoms with Gasteiger partial charge in [0.05, 0.1) is 0 Å². The summed E-state index contributed by atoms with van der Waals surface area (Å²) in [5.41, 5.74) is 0.340. The molecule has 0 amide bonds. The third-order valence-electron chi connectivity index (χ3n) is 2.42. The smallest absolute Gasteiger partial charge is 0.210 e. The van der Waals surface area contributed by atoms with Gasteiger partial charge in [-0.25, -0.2) is 0 Å². The first-order valence-corrected chi connectivity index (χ1v) is 4.46. The molecule has 1 aromatic carbocycles. The van der Waals surface area contributed by atoms with Crippen LogP contribution in [-0.2, 0) is 4.74 Å². The Balaban J connectivity index is 2.62. The van der Waals surface area contributed by atoms with Crippen LogP contribution in [0.25, 0.3) is 0 Å². The van der Waals surface area contributed by atoms with Crippen molar-refractivity contribution >= 4 is 17.3 Å². The summed E-state index contributed by atoms with van der Waals surface area (Å²) < 4.78 is 4.85. The molecule has 1 aliphatic carbocycles. The summed E-state index contributed by atoms with van der Waals surface area (Å²) in [6, 6.07) is 6.49. The van der Waals surface area contributed by atoms with Crippen LogP contribution in [0.15, 0.2) is 24.3 Å². The number of hydrogen-bond acceptors (Lipinski definition) is 4. The number of carbonyl (C=O) groups excluding carboxylic acids is 2. The summed E-state index contributed by atoms with van der Waals surface area (Å²) >= 11 is 0. The van der Waals surface area contributed by atoms with E-state index < -0.39 is 11.9 Å². The molecule has 0 radical (unpaired) electrons. The highest BCUT2D eigenvalue weighted by Gasteiger charge is 2.37. The Bertz CT molecular complexity index is 465. The van der Waals surface area contributed by atoms with E-state index in [1.54, 1.807) is 24.3 Å². The molecule has 4 heteroatoms. The van der Waals surface area contributed by atoms with Crippen molar-refractivity contribution < 1.29 is 14.3 Å². The normalized spacial score (nSPS) is 20.3. The van der Waals surface area contributed by atoms with Crippen molar-refractivity contribution in [1.29, 1.82) is 5.41 Å². The van der Waals surface area contributed by atoms with Crippen LogP contribution in [0.2, 0.25) is 0 Å². The largest absolute Gasteiger partial charge is 0.367 e. The Labute approximate surface area is 86.4 Å². The molecule has 1 atom stereocenters. The number of hydrogen-bond donors (Lipinski definition) is 1. The van der Waals surface area contributed by atoms with E-state index >= 15 is 0 Å². The summed E-state index contributed by atoms with van der Waals surface area (Å²) in [7, 11) is 1.32. The van der Waals surface area contributed by atoms with Crippen molar-refractivity contribution in [2.45, 2.75) is 6.10 Å². The highest BCUT2D eigenvalue weighted by Crippen LogP contribution is 2.20. The van der Waals surface area contributed by atoms with Gasteiger partial charge in [0.15, 0.2) is 11.9 Å². The fourth-order valence-electron chi connectivity index (χ4n) is 1.66. The van der Waals surface area contributed by atoms with Crippen molar-refractivity contribution in [2.75, 3.05) is 7.11 Å². The molecule has 1 unspecified atom stereocenters. The maximum absolute atomic E-state index is 11.8. The lowest BCUT2D eigenvalue weighted by molar-refractivity contribution is 0.0723. The first-order chi connectivity index (χ1) is 7.16. The van der Waals surface area contributed by atoms with E-state index in [0.29, 0.717) is 11.1 Å². The van der Waals surface area contributed by atoms with Crippen LogP contribution < -0.4 is 0 Å². The Morgan fingerprint density at radius 3 is 2.40 bits per heavy atom. The SMILES string of the molecule is COC1C(=N)C(=O)c2ccccc2C1=O. The van der Waals surface area contributed by atoms with E-state index in [-0.39, 0.29) is 11.5 Å². The van der Waals surface area contributed by atoms with E-state index in [9.17, 15) is 9.59 Å². The molecular formula is C11H9NO3. The van der Waals surface area contributed by atoms with Crippen LogP contribution in [0.4, 0.5) is 0 Å². The van der Waals surface area contributed by atoms with E-state index in [2.05, 4.69) is 0 Å². The topological polar surface area (TPSA) is 67.2 Å². The molecule has 2 rings (SSSR count). The summed E-state index contributed by atoms with van der Waals surface area (Å²) in [6.07, 6.45) is -1.05. The van der Waals surface area contributed by atoms with Gasteiger partial charge in [-0.15, -0.1) is 0 Å². The molecule has 0 fully saturated rings. The number of Topliss-reactive ketones (excluding diaryl/α,β-unsaturated/α-hetero) is 2. The van der Waals surface area contributed by atoms with Crippen LogP contribution in [0.3, 0.4) is 0 Å². The highest BCUT2D eigenvalue weighted by molar-refractivity contribution is 6.54. The molecule has 76 valence electrons. The fourth-order valence-corrected chi connectivity index (χ4v) is 1.66. The van der Waals surface area contributed by atoms with Crippen LogP contribution in [0.1, 0.15) is 20.7 Å². The Morgan fingerprint density at radius 1 is 1.20 bits per heavy atom. The van der Waals surface area contributed by atoms with Crippen LogP contribution in [0, 0.1) is 5.41 Å². The molecule has 4 nitrogen and oxygen atoms in total. The molecule has 0 saturated heterocycles. The maximum Gasteiger partial charge on any atom is 0.210 e. The standard InChI is InChI=1S/C11H9NO3/c1-15-11-8(12)9(13)6-4-2-3-5-7(6)10(11)14/h2-5,11-12H,1H3. The zero-order valence-corrected chi connectivity index (χ0v) is 8.11. The van der Waals surface area contributed by atoms with Gasteiger partial charge >= 0.3 is 0 Å². The Morgan fingerprint density at radius 2 is 1.80 bits per heavy atom. The van der Waals surface area contributed by atoms with Crippen LogP contribution in [0.5, 0.6) is 0 Å². The minimum absolute atomic E-state index is 0.291. The van der Waals surface area contributed by atoms with Gasteiger partial charge in [-0.1, -0.05) is 24.3 Å². The summed E-state index contributed by atoms with van der Waals surface area (Å²) in [5.74, 6) is -0.755. The first-order valence-electron chi connectivity index (χ1n) is 4.46. The van der Waals surface area contributed by atoms with Crippen molar-refractivity contribution in [1.82, 2.24) is 0 Å². The average Bonchev–Trinajstić information content (AvgIpc) is 2.27. The summed E-state index contributed by atoms with van der Waals surface area (Å²) in [4.78, 5) is 23.5. The van der Waals surface area contributed by atoms with E-state index in [1.807, 2.05) is 0 Å². The number of methoxy groups -OCH3 is 1. The second-order valence-corrected chi connectivity index (χ2v) is 3.27. The lowest BCUT2D eigenvalue weighted by atomic mass is 9.86. The minimum Gasteiger partial charge on any atom is -0.367 e. The summed E-state index contributed by atoms with van der Waals surface area (Å²) in [5, 5.41) is 7.52. The van der Waals surface area contributed by atoms with Gasteiger partial charge in [-0.2, -0.15) is 0 Å². The predicted molar refractivity (Wildman–Crippen MR) is 53.6 cm³/mol. The fraction of sp³-hybridized carbons (Fsp3) is 0.182. The van der Waals surface area contributed by atoms with Crippen molar-refractivity contribution in [3.05, 3.63) is 35.4 Å². The van der Waals surface area contributed by atoms with Crippen molar-refractivity contribution in [2.24, 2.45) is 0 Å². The van der Waals surface area contributed by atoms with E-state index in [1.165, 1.54) is 7.11 Å². The Hall–Kier alpha value is -1.81. The molecule has 1 aliphatic rings. The molecule has 0 bridgehead atoms. The molecule has 1 N–H and O–H groups in total. The molecule has 1 aromatic rings. The molecular weight excluding hydrogens is 194 g/mol. The quantitative estimate of drug-likeness (QED) is 0.743. The van der Waals surface area contributed by atoms with Gasteiger partial charge in [0.25, 0.3) is 0 Å². The van der Waals surface area contributed by atoms with Crippen LogP contribution in [-0.4, -0.2) is 30.5 Å². The van der Waals surface area contributed by atoms with Crippen molar-refractivity contribution in [3.63, 3.8) is 0 Å². The number of nitrogens with one attached hydrogen (secondary N) is 1. The highest BCUT2D eigenvalue weighted by atomic mass is 16.5. The zero-order chi connectivity index (χ0) is 11.0. The Kier molecular flexibility index (Phi) is 2.21. The summed E-state index contributed by atoms with van der Waals surface area (Å²) in [6.45, 7) is 0. The number of ketones is 2. The maximum atomic E-state index is 11.8. The van der Waals surface area contributed by atoms with Gasteiger partial charge in [0.2, 0.25) is 5.78 Å².